The first-order chi connectivity index (χ1) is 8.36. The first kappa shape index (κ1) is 9.29. The summed E-state index contributed by atoms with van der Waals surface area (Å²) in [6.07, 6.45) is 9.07. The minimum Gasteiger partial charge on any atom is -0.330 e. The largest absolute Gasteiger partial charge is 0.330 e. The SMILES string of the molecule is N#Cc1c(C2CC2)nn2ccn(CC3CC3)c12. The second-order valence-electron chi connectivity index (χ2n) is 5.31. The summed E-state index contributed by atoms with van der Waals surface area (Å²) in [4.78, 5) is 0. The van der Waals surface area contributed by atoms with Crippen molar-refractivity contribution in [1.29, 1.82) is 5.26 Å². The smallest absolute Gasteiger partial charge is 0.154 e. The molecular formula is C13H14N4. The molecule has 0 bridgehead atoms. The van der Waals surface area contributed by atoms with Gasteiger partial charge in [0.15, 0.2) is 5.65 Å². The Labute approximate surface area is 99.5 Å². The van der Waals surface area contributed by atoms with Crippen molar-refractivity contribution in [3.05, 3.63) is 23.7 Å². The number of aromatic nitrogens is 3. The Bertz CT molecular complexity index is 620. The van der Waals surface area contributed by atoms with Crippen LogP contribution in [0.1, 0.15) is 42.9 Å². The third kappa shape index (κ3) is 1.39. The summed E-state index contributed by atoms with van der Waals surface area (Å²) in [7, 11) is 0. The monoisotopic (exact) mass is 226 g/mol. The Morgan fingerprint density at radius 1 is 1.29 bits per heavy atom. The molecule has 0 saturated heterocycles. The molecule has 2 aromatic heterocycles. The molecule has 0 unspecified atom stereocenters. The van der Waals surface area contributed by atoms with Crippen molar-refractivity contribution in [2.24, 2.45) is 5.92 Å². The Kier molecular flexibility index (Phi) is 1.71. The molecule has 2 aliphatic rings. The maximum absolute atomic E-state index is 9.36. The Morgan fingerprint density at radius 3 is 2.76 bits per heavy atom. The van der Waals surface area contributed by atoms with Crippen LogP contribution in [0.5, 0.6) is 0 Å². The molecule has 4 rings (SSSR count). The highest BCUT2D eigenvalue weighted by Gasteiger charge is 2.32. The molecule has 4 heteroatoms. The van der Waals surface area contributed by atoms with Crippen LogP contribution in [0.2, 0.25) is 0 Å². The normalized spacial score (nSPS) is 19.7. The summed E-state index contributed by atoms with van der Waals surface area (Å²) >= 11 is 0. The first-order valence-electron chi connectivity index (χ1n) is 6.34. The highest BCUT2D eigenvalue weighted by atomic mass is 15.3. The van der Waals surface area contributed by atoms with Crippen LogP contribution in [0.3, 0.4) is 0 Å². The molecule has 2 saturated carbocycles. The molecule has 2 aromatic rings. The van der Waals surface area contributed by atoms with E-state index in [0.717, 1.165) is 29.4 Å². The minimum atomic E-state index is 0.541. The van der Waals surface area contributed by atoms with Crippen LogP contribution in [0, 0.1) is 17.2 Å². The van der Waals surface area contributed by atoms with Gasteiger partial charge in [0, 0.05) is 24.9 Å². The fourth-order valence-corrected chi connectivity index (χ4v) is 2.51. The molecule has 0 atom stereocenters. The second-order valence-corrected chi connectivity index (χ2v) is 5.31. The molecule has 2 heterocycles. The van der Waals surface area contributed by atoms with Crippen molar-refractivity contribution >= 4 is 5.65 Å². The maximum atomic E-state index is 9.36. The summed E-state index contributed by atoms with van der Waals surface area (Å²) in [5.74, 6) is 1.36. The van der Waals surface area contributed by atoms with Gasteiger partial charge in [-0.1, -0.05) is 0 Å². The number of nitrogens with zero attached hydrogens (tertiary/aromatic N) is 4. The number of hydrogen-bond donors (Lipinski definition) is 0. The lowest BCUT2D eigenvalue weighted by atomic mass is 10.2. The zero-order valence-electron chi connectivity index (χ0n) is 9.63. The molecule has 0 radical (unpaired) electrons. The number of hydrogen-bond acceptors (Lipinski definition) is 2. The quantitative estimate of drug-likeness (QED) is 0.806. The third-order valence-corrected chi connectivity index (χ3v) is 3.80. The number of imidazole rings is 1. The molecule has 2 aliphatic carbocycles. The van der Waals surface area contributed by atoms with Crippen LogP contribution < -0.4 is 0 Å². The van der Waals surface area contributed by atoms with Gasteiger partial charge in [-0.2, -0.15) is 10.4 Å². The van der Waals surface area contributed by atoms with Crippen LogP contribution >= 0.6 is 0 Å². The fraction of sp³-hybridized carbons (Fsp3) is 0.538. The maximum Gasteiger partial charge on any atom is 0.154 e. The summed E-state index contributed by atoms with van der Waals surface area (Å²) in [6, 6.07) is 2.36. The van der Waals surface area contributed by atoms with Gasteiger partial charge in [0.25, 0.3) is 0 Å². The number of rotatable bonds is 3. The number of fused-ring (bicyclic) bond motifs is 1. The minimum absolute atomic E-state index is 0.541. The topological polar surface area (TPSA) is 46.0 Å². The van der Waals surface area contributed by atoms with Gasteiger partial charge in [-0.05, 0) is 31.6 Å². The Morgan fingerprint density at radius 2 is 2.12 bits per heavy atom. The van der Waals surface area contributed by atoms with Crippen molar-refractivity contribution in [1.82, 2.24) is 14.2 Å². The standard InChI is InChI=1S/C13H14N4/c14-7-11-12(10-3-4-10)15-17-6-5-16(13(11)17)8-9-1-2-9/h5-6,9-10H,1-4,8H2. The van der Waals surface area contributed by atoms with E-state index in [0.29, 0.717) is 5.92 Å². The first-order valence-corrected chi connectivity index (χ1v) is 6.34. The van der Waals surface area contributed by atoms with E-state index in [2.05, 4.69) is 21.9 Å². The molecule has 2 fully saturated rings. The molecule has 0 N–H and O–H groups in total. The lowest BCUT2D eigenvalue weighted by Crippen LogP contribution is -1.99. The molecule has 86 valence electrons. The van der Waals surface area contributed by atoms with Gasteiger partial charge in [-0.25, -0.2) is 4.52 Å². The summed E-state index contributed by atoms with van der Waals surface area (Å²) in [5.41, 5.74) is 2.83. The summed E-state index contributed by atoms with van der Waals surface area (Å²) in [6.45, 7) is 1.04. The highest BCUT2D eigenvalue weighted by Crippen LogP contribution is 2.42. The van der Waals surface area contributed by atoms with Crippen LogP contribution in [0.4, 0.5) is 0 Å². The zero-order chi connectivity index (χ0) is 11.4. The lowest BCUT2D eigenvalue weighted by molar-refractivity contribution is 0.643. The van der Waals surface area contributed by atoms with Crippen molar-refractivity contribution in [3.8, 4) is 6.07 Å². The number of nitriles is 1. The van der Waals surface area contributed by atoms with Crippen molar-refractivity contribution in [2.75, 3.05) is 0 Å². The van der Waals surface area contributed by atoms with Gasteiger partial charge in [-0.15, -0.1) is 0 Å². The van der Waals surface area contributed by atoms with E-state index in [-0.39, 0.29) is 0 Å². The predicted octanol–water partition coefficient (Wildman–Crippen LogP) is 2.29. The summed E-state index contributed by atoms with van der Waals surface area (Å²) in [5, 5.41) is 13.9. The second kappa shape index (κ2) is 3.13. The van der Waals surface area contributed by atoms with Crippen molar-refractivity contribution in [2.45, 2.75) is 38.1 Å². The molecule has 17 heavy (non-hydrogen) atoms. The fourth-order valence-electron chi connectivity index (χ4n) is 2.51. The predicted molar refractivity (Wildman–Crippen MR) is 62.6 cm³/mol. The third-order valence-electron chi connectivity index (χ3n) is 3.80. The van der Waals surface area contributed by atoms with E-state index in [1.807, 2.05) is 10.7 Å². The van der Waals surface area contributed by atoms with E-state index in [9.17, 15) is 5.26 Å². The van der Waals surface area contributed by atoms with E-state index in [4.69, 9.17) is 0 Å². The van der Waals surface area contributed by atoms with Gasteiger partial charge < -0.3 is 4.57 Å². The van der Waals surface area contributed by atoms with Crippen LogP contribution in [0.15, 0.2) is 12.4 Å². The molecular weight excluding hydrogens is 212 g/mol. The molecule has 0 aliphatic heterocycles. The Balaban J connectivity index is 1.87. The highest BCUT2D eigenvalue weighted by molar-refractivity contribution is 5.60. The van der Waals surface area contributed by atoms with Crippen LogP contribution in [-0.4, -0.2) is 14.2 Å². The summed E-state index contributed by atoms with van der Waals surface area (Å²) < 4.78 is 4.09. The van der Waals surface area contributed by atoms with Gasteiger partial charge in [-0.3, -0.25) is 0 Å². The van der Waals surface area contributed by atoms with Crippen LogP contribution in [0.25, 0.3) is 5.65 Å². The zero-order valence-corrected chi connectivity index (χ0v) is 9.63. The van der Waals surface area contributed by atoms with E-state index in [1.165, 1.54) is 25.7 Å². The lowest BCUT2D eigenvalue weighted by Gasteiger charge is -2.01. The van der Waals surface area contributed by atoms with Crippen LogP contribution in [-0.2, 0) is 6.54 Å². The van der Waals surface area contributed by atoms with E-state index < -0.39 is 0 Å². The average molecular weight is 226 g/mol. The van der Waals surface area contributed by atoms with Gasteiger partial charge in [0.2, 0.25) is 0 Å². The van der Waals surface area contributed by atoms with E-state index in [1.54, 1.807) is 0 Å². The van der Waals surface area contributed by atoms with E-state index >= 15 is 0 Å². The molecule has 0 amide bonds. The average Bonchev–Trinajstić information content (AvgIpc) is 3.23. The molecule has 0 aromatic carbocycles. The van der Waals surface area contributed by atoms with Crippen molar-refractivity contribution < 1.29 is 0 Å². The van der Waals surface area contributed by atoms with Crippen molar-refractivity contribution in [3.63, 3.8) is 0 Å². The molecule has 0 spiro atoms. The Hall–Kier alpha value is -1.76. The van der Waals surface area contributed by atoms with Gasteiger partial charge in [0.05, 0.1) is 5.69 Å². The molecule has 4 nitrogen and oxygen atoms in total. The van der Waals surface area contributed by atoms with Gasteiger partial charge >= 0.3 is 0 Å². The van der Waals surface area contributed by atoms with Gasteiger partial charge in [0.1, 0.15) is 11.6 Å².